The van der Waals surface area contributed by atoms with Crippen molar-refractivity contribution in [2.24, 2.45) is 7.05 Å². The molecule has 0 saturated carbocycles. The first-order chi connectivity index (χ1) is 15.1. The largest absolute Gasteiger partial charge is 0.374 e. The molecule has 1 aliphatic rings. The van der Waals surface area contributed by atoms with Gasteiger partial charge in [0.05, 0.1) is 19.8 Å². The zero-order chi connectivity index (χ0) is 21.5. The van der Waals surface area contributed by atoms with Crippen LogP contribution in [0.25, 0.3) is 0 Å². The number of imidazole rings is 1. The van der Waals surface area contributed by atoms with Crippen LogP contribution in [0.4, 0.5) is 0 Å². The van der Waals surface area contributed by atoms with E-state index in [1.807, 2.05) is 61.9 Å². The summed E-state index contributed by atoms with van der Waals surface area (Å²) in [6.07, 6.45) is 7.41. The van der Waals surface area contributed by atoms with Crippen LogP contribution in [0, 0.1) is 0 Å². The lowest BCUT2D eigenvalue weighted by Gasteiger charge is -2.29. The fraction of sp³-hybridized carbons (Fsp3) is 0.400. The van der Waals surface area contributed by atoms with Gasteiger partial charge in [-0.1, -0.05) is 54.1 Å². The van der Waals surface area contributed by atoms with Gasteiger partial charge in [0.25, 0.3) is 0 Å². The zero-order valence-electron chi connectivity index (χ0n) is 17.9. The highest BCUT2D eigenvalue weighted by molar-refractivity contribution is 6.30. The fourth-order valence-electron chi connectivity index (χ4n) is 3.94. The molecule has 1 fully saturated rings. The van der Waals surface area contributed by atoms with E-state index < -0.39 is 5.79 Å². The normalized spacial score (nSPS) is 20.9. The second kappa shape index (κ2) is 10.4. The van der Waals surface area contributed by atoms with Crippen molar-refractivity contribution in [1.82, 2.24) is 9.55 Å². The molecule has 4 rings (SSSR count). The van der Waals surface area contributed by atoms with E-state index in [-0.39, 0.29) is 6.10 Å². The molecule has 0 aliphatic carbocycles. The standard InChI is InChI=1S/C25H29ClN2O3/c1-28-16-15-27-24(28)9-5-6-14-25(21-10-12-22(26)13-11-21)30-19-23(31-25)18-29-17-20-7-3-2-4-8-20/h2-4,7-8,10-13,15-16,23H,5-6,9,14,17-19H2,1H3. The lowest BCUT2D eigenvalue weighted by Crippen LogP contribution is -2.29. The summed E-state index contributed by atoms with van der Waals surface area (Å²) in [4.78, 5) is 4.41. The summed E-state index contributed by atoms with van der Waals surface area (Å²) in [5, 5.41) is 0.703. The first kappa shape index (κ1) is 22.0. The minimum Gasteiger partial charge on any atom is -0.374 e. The molecule has 1 saturated heterocycles. The van der Waals surface area contributed by atoms with Crippen LogP contribution in [0.5, 0.6) is 0 Å². The highest BCUT2D eigenvalue weighted by Crippen LogP contribution is 2.39. The Morgan fingerprint density at radius 2 is 1.94 bits per heavy atom. The molecule has 31 heavy (non-hydrogen) atoms. The number of aryl methyl sites for hydroxylation is 2. The Morgan fingerprint density at radius 1 is 1.13 bits per heavy atom. The second-order valence-corrected chi connectivity index (χ2v) is 8.41. The maximum atomic E-state index is 6.46. The molecule has 0 amide bonds. The molecule has 2 unspecified atom stereocenters. The van der Waals surface area contributed by atoms with Gasteiger partial charge in [-0.25, -0.2) is 4.98 Å². The van der Waals surface area contributed by atoms with Crippen LogP contribution >= 0.6 is 11.6 Å². The average Bonchev–Trinajstić information content (AvgIpc) is 3.39. The molecular formula is C25H29ClN2O3. The van der Waals surface area contributed by atoms with Crippen LogP contribution < -0.4 is 0 Å². The minimum atomic E-state index is -0.757. The Bertz CT molecular complexity index is 945. The molecular weight excluding hydrogens is 412 g/mol. The van der Waals surface area contributed by atoms with Gasteiger partial charge in [0.15, 0.2) is 5.79 Å². The van der Waals surface area contributed by atoms with E-state index in [2.05, 4.69) is 21.7 Å². The summed E-state index contributed by atoms with van der Waals surface area (Å²) in [5.74, 6) is 0.341. The van der Waals surface area contributed by atoms with E-state index in [9.17, 15) is 0 Å². The summed E-state index contributed by atoms with van der Waals surface area (Å²) in [5.41, 5.74) is 2.15. The van der Waals surface area contributed by atoms with Crippen molar-refractivity contribution in [3.05, 3.63) is 89.0 Å². The third-order valence-corrected chi connectivity index (χ3v) is 5.89. The van der Waals surface area contributed by atoms with Crippen molar-refractivity contribution in [2.45, 2.75) is 44.2 Å². The van der Waals surface area contributed by atoms with E-state index in [1.165, 1.54) is 0 Å². The van der Waals surface area contributed by atoms with E-state index in [1.54, 1.807) is 0 Å². The third kappa shape index (κ3) is 5.74. The van der Waals surface area contributed by atoms with Crippen molar-refractivity contribution in [2.75, 3.05) is 13.2 Å². The van der Waals surface area contributed by atoms with Gasteiger partial charge in [0.2, 0.25) is 0 Å². The number of nitrogens with zero attached hydrogens (tertiary/aromatic N) is 2. The molecule has 1 aliphatic heterocycles. The van der Waals surface area contributed by atoms with Gasteiger partial charge in [-0.2, -0.15) is 0 Å². The summed E-state index contributed by atoms with van der Waals surface area (Å²) in [6.45, 7) is 1.58. The molecule has 3 aromatic rings. The SMILES string of the molecule is Cn1ccnc1CCCCC1(c2ccc(Cl)cc2)OCC(COCc2ccccc2)O1. The second-order valence-electron chi connectivity index (χ2n) is 7.97. The molecule has 2 aromatic carbocycles. The van der Waals surface area contributed by atoms with Crippen LogP contribution in [-0.4, -0.2) is 28.9 Å². The van der Waals surface area contributed by atoms with Crippen LogP contribution in [-0.2, 0) is 40.1 Å². The zero-order valence-corrected chi connectivity index (χ0v) is 18.6. The predicted molar refractivity (Wildman–Crippen MR) is 121 cm³/mol. The molecule has 0 N–H and O–H groups in total. The Morgan fingerprint density at radius 3 is 2.68 bits per heavy atom. The maximum absolute atomic E-state index is 6.46. The molecule has 0 radical (unpaired) electrons. The lowest BCUT2D eigenvalue weighted by molar-refractivity contribution is -0.187. The summed E-state index contributed by atoms with van der Waals surface area (Å²) >= 11 is 6.11. The quantitative estimate of drug-likeness (QED) is 0.403. The number of rotatable bonds is 10. The molecule has 0 spiro atoms. The summed E-state index contributed by atoms with van der Waals surface area (Å²) in [6, 6.07) is 17.9. The highest BCUT2D eigenvalue weighted by atomic mass is 35.5. The summed E-state index contributed by atoms with van der Waals surface area (Å²) < 4.78 is 20.7. The van der Waals surface area contributed by atoms with Crippen LogP contribution in [0.2, 0.25) is 5.02 Å². The molecule has 164 valence electrons. The number of halogens is 1. The van der Waals surface area contributed by atoms with Crippen LogP contribution in [0.15, 0.2) is 67.0 Å². The summed E-state index contributed by atoms with van der Waals surface area (Å²) in [7, 11) is 2.03. The van der Waals surface area contributed by atoms with Crippen molar-refractivity contribution in [3.63, 3.8) is 0 Å². The van der Waals surface area contributed by atoms with E-state index in [0.717, 1.165) is 42.6 Å². The first-order valence-corrected chi connectivity index (χ1v) is 11.2. The van der Waals surface area contributed by atoms with Crippen molar-refractivity contribution >= 4 is 11.6 Å². The number of ether oxygens (including phenoxy) is 3. The smallest absolute Gasteiger partial charge is 0.195 e. The van der Waals surface area contributed by atoms with Gasteiger partial charge in [-0.3, -0.25) is 0 Å². The van der Waals surface area contributed by atoms with Gasteiger partial charge in [-0.05, 0) is 30.5 Å². The third-order valence-electron chi connectivity index (χ3n) is 5.64. The van der Waals surface area contributed by atoms with Gasteiger partial charge in [0, 0.05) is 42.9 Å². The Hall–Kier alpha value is -2.18. The molecule has 1 aromatic heterocycles. The molecule has 6 heteroatoms. The molecule has 2 heterocycles. The Kier molecular flexibility index (Phi) is 7.41. The van der Waals surface area contributed by atoms with Gasteiger partial charge < -0.3 is 18.8 Å². The van der Waals surface area contributed by atoms with Crippen LogP contribution in [0.3, 0.4) is 0 Å². The topological polar surface area (TPSA) is 45.5 Å². The monoisotopic (exact) mass is 440 g/mol. The highest BCUT2D eigenvalue weighted by Gasteiger charge is 2.42. The first-order valence-electron chi connectivity index (χ1n) is 10.8. The Labute approximate surface area is 188 Å². The number of hydrogen-bond donors (Lipinski definition) is 0. The average molecular weight is 441 g/mol. The minimum absolute atomic E-state index is 0.103. The molecule has 0 bridgehead atoms. The Balaban J connectivity index is 1.35. The maximum Gasteiger partial charge on any atom is 0.195 e. The number of hydrogen-bond acceptors (Lipinski definition) is 4. The van der Waals surface area contributed by atoms with Gasteiger partial charge in [0.1, 0.15) is 11.9 Å². The predicted octanol–water partition coefficient (Wildman–Crippen LogP) is 5.27. The van der Waals surface area contributed by atoms with E-state index >= 15 is 0 Å². The van der Waals surface area contributed by atoms with Gasteiger partial charge in [-0.15, -0.1) is 0 Å². The van der Waals surface area contributed by atoms with Crippen molar-refractivity contribution in [3.8, 4) is 0 Å². The fourth-order valence-corrected chi connectivity index (χ4v) is 4.06. The van der Waals surface area contributed by atoms with E-state index in [0.29, 0.717) is 24.8 Å². The molecule has 5 nitrogen and oxygen atoms in total. The van der Waals surface area contributed by atoms with Crippen molar-refractivity contribution in [1.29, 1.82) is 0 Å². The lowest BCUT2D eigenvalue weighted by atomic mass is 9.99. The number of unbranched alkanes of at least 4 members (excludes halogenated alkanes) is 1. The number of aromatic nitrogens is 2. The molecule has 2 atom stereocenters. The van der Waals surface area contributed by atoms with Crippen molar-refractivity contribution < 1.29 is 14.2 Å². The van der Waals surface area contributed by atoms with E-state index in [4.69, 9.17) is 25.8 Å². The van der Waals surface area contributed by atoms with Gasteiger partial charge >= 0.3 is 0 Å². The van der Waals surface area contributed by atoms with Crippen LogP contribution in [0.1, 0.15) is 36.2 Å². The number of benzene rings is 2.